The van der Waals surface area contributed by atoms with E-state index >= 15 is 0 Å². The standard InChI is InChI=1S/C17H15F4N2.C10H12O.2ClH.Ru/c1-17(2)9-22(15-11(18)5-3-6-12(15)19)10-23(17)16-13(20)7-4-8-14(16)21;1-8(2)11-10-7-5-4-6-9(10)3;;;/h3-8,10H,9H2,1-2H3;3-8H,1-2H3;2*1H;/q-1;;;;+2/p-2. The van der Waals surface area contributed by atoms with Gasteiger partial charge >= 0.3 is 97.8 Å². The van der Waals surface area contributed by atoms with Gasteiger partial charge in [-0.3, -0.25) is 0 Å². The molecule has 3 aromatic carbocycles. The molecule has 3 nitrogen and oxygen atoms in total. The van der Waals surface area contributed by atoms with E-state index in [0.29, 0.717) is 0 Å². The number of nitrogens with zero attached hydrogens (tertiary/aromatic N) is 2. The third-order valence-corrected chi connectivity index (χ3v) is 7.17. The first-order chi connectivity index (χ1) is 17.4. The van der Waals surface area contributed by atoms with Gasteiger partial charge in [0.15, 0.2) is 0 Å². The van der Waals surface area contributed by atoms with E-state index in [1.54, 1.807) is 13.8 Å². The van der Waals surface area contributed by atoms with Crippen LogP contribution in [0.25, 0.3) is 0 Å². The monoisotopic (exact) mass is 643 g/mol. The van der Waals surface area contributed by atoms with Gasteiger partial charge in [0.1, 0.15) is 23.3 Å². The minimum absolute atomic E-state index is 0.163. The summed E-state index contributed by atoms with van der Waals surface area (Å²) in [5.41, 5.74) is -0.237. The minimum atomic E-state index is -1.77. The van der Waals surface area contributed by atoms with E-state index in [2.05, 4.69) is 0 Å². The Bertz CT molecular complexity index is 1230. The predicted molar refractivity (Wildman–Crippen MR) is 140 cm³/mol. The van der Waals surface area contributed by atoms with Crippen LogP contribution in [0.3, 0.4) is 0 Å². The molecule has 10 heteroatoms. The Balaban J connectivity index is 0.000000233. The van der Waals surface area contributed by atoms with Gasteiger partial charge in [-0.05, 0) is 38.1 Å². The Morgan fingerprint density at radius 1 is 0.865 bits per heavy atom. The number of para-hydroxylation sites is 3. The van der Waals surface area contributed by atoms with Crippen molar-refractivity contribution in [2.75, 3.05) is 16.3 Å². The molecule has 0 amide bonds. The van der Waals surface area contributed by atoms with Crippen LogP contribution in [0.1, 0.15) is 33.3 Å². The van der Waals surface area contributed by atoms with Gasteiger partial charge < -0.3 is 9.80 Å². The van der Waals surface area contributed by atoms with Gasteiger partial charge in [0.2, 0.25) is 0 Å². The van der Waals surface area contributed by atoms with Crippen LogP contribution in [0, 0.1) is 29.9 Å². The second-order valence-electron chi connectivity index (χ2n) is 9.08. The molecule has 1 saturated heterocycles. The Morgan fingerprint density at radius 3 is 1.89 bits per heavy atom. The summed E-state index contributed by atoms with van der Waals surface area (Å²) in [5.74, 6) is -2.07. The van der Waals surface area contributed by atoms with Crippen molar-refractivity contribution in [1.29, 1.82) is 0 Å². The molecular weight excluding hydrogens is 616 g/mol. The fourth-order valence-corrected chi connectivity index (χ4v) is 5.63. The average molecular weight is 643 g/mol. The zero-order valence-electron chi connectivity index (χ0n) is 20.6. The number of anilines is 2. The van der Waals surface area contributed by atoms with Crippen LogP contribution in [0.2, 0.25) is 0 Å². The SMILES string of the molecule is CC(C)Oc1ccccc1[CH]=[Ru]([Cl])[Cl].CC1(C)CN(c2c(F)cccc2F)[CH-]N1c1c(F)cccc1F. The Kier molecular flexibility index (Phi) is 10.0. The van der Waals surface area contributed by atoms with Crippen LogP contribution in [0.5, 0.6) is 5.75 Å². The van der Waals surface area contributed by atoms with Crippen LogP contribution in [-0.4, -0.2) is 22.8 Å². The molecule has 202 valence electrons. The van der Waals surface area contributed by atoms with Gasteiger partial charge in [-0.2, -0.15) is 6.67 Å². The van der Waals surface area contributed by atoms with E-state index in [-0.39, 0.29) is 24.0 Å². The average Bonchev–Trinajstić information content (AvgIpc) is 3.09. The van der Waals surface area contributed by atoms with Crippen molar-refractivity contribution in [2.24, 2.45) is 0 Å². The number of rotatable bonds is 5. The second kappa shape index (κ2) is 12.6. The molecule has 1 aliphatic heterocycles. The van der Waals surface area contributed by atoms with Crippen molar-refractivity contribution in [3.63, 3.8) is 0 Å². The molecule has 0 bridgehead atoms. The molecule has 0 aromatic heterocycles. The van der Waals surface area contributed by atoms with Gasteiger partial charge in [0.25, 0.3) is 0 Å². The molecule has 3 aromatic rings. The number of ether oxygens (including phenoxy) is 1. The van der Waals surface area contributed by atoms with Crippen LogP contribution in [0.4, 0.5) is 28.9 Å². The summed E-state index contributed by atoms with van der Waals surface area (Å²) in [4.78, 5) is 2.69. The minimum Gasteiger partial charge on any atom is -0.497 e. The molecule has 0 saturated carbocycles. The first-order valence-corrected chi connectivity index (χ1v) is 16.8. The zero-order chi connectivity index (χ0) is 27.3. The van der Waals surface area contributed by atoms with Crippen molar-refractivity contribution in [3.05, 3.63) is 96.2 Å². The maximum absolute atomic E-state index is 14.1. The van der Waals surface area contributed by atoms with E-state index in [9.17, 15) is 17.6 Å². The van der Waals surface area contributed by atoms with E-state index in [1.165, 1.54) is 28.6 Å². The number of benzene rings is 3. The van der Waals surface area contributed by atoms with Crippen LogP contribution in [-0.2, 0) is 13.5 Å². The smallest absolute Gasteiger partial charge is 0.147 e. The fourth-order valence-electron chi connectivity index (χ4n) is 3.82. The quantitative estimate of drug-likeness (QED) is 0.159. The topological polar surface area (TPSA) is 15.7 Å². The zero-order valence-corrected chi connectivity index (χ0v) is 23.9. The van der Waals surface area contributed by atoms with Crippen molar-refractivity contribution in [3.8, 4) is 5.75 Å². The van der Waals surface area contributed by atoms with Crippen molar-refractivity contribution in [1.82, 2.24) is 0 Å². The summed E-state index contributed by atoms with van der Waals surface area (Å²) in [6.45, 7) is 8.99. The van der Waals surface area contributed by atoms with Crippen molar-refractivity contribution in [2.45, 2.75) is 39.3 Å². The Labute approximate surface area is 228 Å². The van der Waals surface area contributed by atoms with Gasteiger partial charge in [0, 0.05) is 12.1 Å². The summed E-state index contributed by atoms with van der Waals surface area (Å²) in [6.07, 6.45) is 0.163. The Morgan fingerprint density at radius 2 is 1.38 bits per heavy atom. The van der Waals surface area contributed by atoms with Gasteiger partial charge in [0.05, 0.1) is 11.4 Å². The fraction of sp³-hybridized carbons (Fsp3) is 0.259. The van der Waals surface area contributed by atoms with E-state index in [1.807, 2.05) is 42.7 Å². The summed E-state index contributed by atoms with van der Waals surface area (Å²) in [5, 5.41) is 0. The third kappa shape index (κ3) is 7.46. The van der Waals surface area contributed by atoms with Crippen LogP contribution in [0.15, 0.2) is 60.7 Å². The molecule has 1 aliphatic rings. The molecule has 37 heavy (non-hydrogen) atoms. The van der Waals surface area contributed by atoms with Gasteiger partial charge in [-0.15, -0.1) is 0 Å². The van der Waals surface area contributed by atoms with E-state index < -0.39 is 42.3 Å². The molecular formula is C27H27Cl2F4N2ORu-. The van der Waals surface area contributed by atoms with Gasteiger partial charge in [-0.25, -0.2) is 17.6 Å². The van der Waals surface area contributed by atoms with Gasteiger partial charge in [-0.1, -0.05) is 12.1 Å². The van der Waals surface area contributed by atoms with Crippen molar-refractivity contribution >= 4 is 35.4 Å². The number of hydrogen-bond donors (Lipinski definition) is 0. The molecule has 0 spiro atoms. The summed E-state index contributed by atoms with van der Waals surface area (Å²) < 4.78 is 63.6. The Hall–Kier alpha value is -2.15. The maximum atomic E-state index is 14.1. The molecule has 1 heterocycles. The maximum Gasteiger partial charge on any atom is 0.147 e. The molecule has 1 fully saturated rings. The largest absolute Gasteiger partial charge is 0.497 e. The summed E-state index contributed by atoms with van der Waals surface area (Å²) >= 11 is -1.77. The molecule has 4 rings (SSSR count). The van der Waals surface area contributed by atoms with Crippen molar-refractivity contribution < 1.29 is 35.8 Å². The molecule has 0 radical (unpaired) electrons. The first kappa shape index (κ1) is 29.4. The van der Waals surface area contributed by atoms with Crippen LogP contribution >= 0.6 is 19.4 Å². The van der Waals surface area contributed by atoms with E-state index in [4.69, 9.17) is 24.1 Å². The second-order valence-corrected chi connectivity index (χ2v) is 14.8. The predicted octanol–water partition coefficient (Wildman–Crippen LogP) is 8.02. The summed E-state index contributed by atoms with van der Waals surface area (Å²) in [7, 11) is 11.6. The van der Waals surface area contributed by atoms with Crippen LogP contribution < -0.4 is 14.5 Å². The number of hydrogen-bond acceptors (Lipinski definition) is 3. The summed E-state index contributed by atoms with van der Waals surface area (Å²) in [6, 6.07) is 14.9. The molecule has 0 aliphatic carbocycles. The first-order valence-electron chi connectivity index (χ1n) is 11.3. The van der Waals surface area contributed by atoms with E-state index in [0.717, 1.165) is 35.6 Å². The molecule has 0 unspecified atom stereocenters. The number of halogens is 6. The third-order valence-electron chi connectivity index (χ3n) is 5.34. The normalized spacial score (nSPS) is 14.8. The molecule has 0 atom stereocenters. The molecule has 0 N–H and O–H groups in total.